The van der Waals surface area contributed by atoms with Crippen LogP contribution in [0.3, 0.4) is 0 Å². The summed E-state index contributed by atoms with van der Waals surface area (Å²) in [5, 5.41) is 4.00. The molecule has 0 bridgehead atoms. The second-order valence-corrected chi connectivity index (χ2v) is 10.3. The number of hydrogen-bond donors (Lipinski definition) is 2. The van der Waals surface area contributed by atoms with Crippen molar-refractivity contribution in [1.82, 2.24) is 19.3 Å². The van der Waals surface area contributed by atoms with E-state index in [1.165, 1.54) is 12.1 Å². The van der Waals surface area contributed by atoms with E-state index < -0.39 is 22.0 Å². The zero-order valence-electron chi connectivity index (χ0n) is 20.4. The van der Waals surface area contributed by atoms with Gasteiger partial charge in [0.15, 0.2) is 5.65 Å². The van der Waals surface area contributed by atoms with Crippen molar-refractivity contribution in [1.29, 1.82) is 0 Å². The number of benzene rings is 1. The summed E-state index contributed by atoms with van der Waals surface area (Å²) in [6.07, 6.45) is 2.02. The Balaban J connectivity index is 1.84. The van der Waals surface area contributed by atoms with Crippen molar-refractivity contribution in [3.05, 3.63) is 63.9 Å². The van der Waals surface area contributed by atoms with Crippen molar-refractivity contribution in [3.63, 3.8) is 0 Å². The van der Waals surface area contributed by atoms with Crippen molar-refractivity contribution in [2.24, 2.45) is 0 Å². The predicted octanol–water partition coefficient (Wildman–Crippen LogP) is 4.77. The highest BCUT2D eigenvalue weighted by molar-refractivity contribution is 7.92. The van der Waals surface area contributed by atoms with Crippen LogP contribution in [0.1, 0.15) is 55.5 Å². The lowest BCUT2D eigenvalue weighted by Crippen LogP contribution is -2.29. The first-order valence-corrected chi connectivity index (χ1v) is 13.2. The minimum Gasteiger partial charge on any atom is -0.447 e. The van der Waals surface area contributed by atoms with E-state index in [1.54, 1.807) is 49.6 Å². The first-order chi connectivity index (χ1) is 17.0. The Morgan fingerprint density at radius 3 is 2.61 bits per heavy atom. The number of amides is 2. The summed E-state index contributed by atoms with van der Waals surface area (Å²) in [4.78, 5) is 33.3. The summed E-state index contributed by atoms with van der Waals surface area (Å²) in [6, 6.07) is 8.08. The third kappa shape index (κ3) is 7.05. The molecule has 12 heteroatoms. The number of pyridine rings is 1. The van der Waals surface area contributed by atoms with Crippen LogP contribution in [0.5, 0.6) is 0 Å². The highest BCUT2D eigenvalue weighted by atomic mass is 35.5. The largest absolute Gasteiger partial charge is 0.447 e. The number of anilines is 1. The maximum atomic E-state index is 12.6. The first-order valence-electron chi connectivity index (χ1n) is 11.3. The van der Waals surface area contributed by atoms with Gasteiger partial charge in [-0.15, -0.1) is 0 Å². The molecule has 0 unspecified atom stereocenters. The molecular weight excluding hydrogens is 506 g/mol. The molecule has 0 radical (unpaired) electrons. The molecule has 0 fully saturated rings. The van der Waals surface area contributed by atoms with Gasteiger partial charge in [-0.1, -0.05) is 37.1 Å². The molecule has 0 spiro atoms. The minimum atomic E-state index is -3.93. The number of allylic oxidation sites excluding steroid dienone is 1. The van der Waals surface area contributed by atoms with Crippen LogP contribution in [-0.2, 0) is 21.3 Å². The number of unbranched alkanes of at least 4 members (excludes halogenated alkanes) is 1. The molecule has 0 aliphatic heterocycles. The average Bonchev–Trinajstić information content (AvgIpc) is 3.09. The molecule has 3 aromatic rings. The summed E-state index contributed by atoms with van der Waals surface area (Å²) in [5.74, 6) is -0.214. The fourth-order valence-electron chi connectivity index (χ4n) is 3.29. The summed E-state index contributed by atoms with van der Waals surface area (Å²) >= 11 is 6.46. The van der Waals surface area contributed by atoms with E-state index in [1.807, 2.05) is 11.6 Å². The molecule has 2 N–H and O–H groups in total. The van der Waals surface area contributed by atoms with Gasteiger partial charge in [-0.2, -0.15) is 0 Å². The van der Waals surface area contributed by atoms with Crippen molar-refractivity contribution < 1.29 is 22.7 Å². The van der Waals surface area contributed by atoms with Gasteiger partial charge in [-0.3, -0.25) is 10.1 Å². The number of nitrogens with one attached hydrogen (secondary N) is 2. The number of halogens is 1. The van der Waals surface area contributed by atoms with Gasteiger partial charge >= 0.3 is 6.09 Å². The molecular formula is C24H28ClN5O5S. The van der Waals surface area contributed by atoms with E-state index in [0.29, 0.717) is 34.1 Å². The molecule has 192 valence electrons. The maximum Gasteiger partial charge on any atom is 0.411 e. The average molecular weight is 534 g/mol. The summed E-state index contributed by atoms with van der Waals surface area (Å²) < 4.78 is 33.1. The van der Waals surface area contributed by atoms with Crippen LogP contribution in [-0.4, -0.2) is 41.1 Å². The Labute approximate surface area is 214 Å². The van der Waals surface area contributed by atoms with Crippen molar-refractivity contribution in [2.45, 2.75) is 53.2 Å². The molecule has 36 heavy (non-hydrogen) atoms. The Bertz CT molecular complexity index is 1420. The minimum absolute atomic E-state index is 0.0644. The highest BCUT2D eigenvalue weighted by Crippen LogP contribution is 2.24. The lowest BCUT2D eigenvalue weighted by molar-refractivity contribution is 0.0977. The first kappa shape index (κ1) is 27.2. The fraction of sp³-hybridized carbons (Fsp3) is 0.333. The van der Waals surface area contributed by atoms with Crippen LogP contribution in [0.2, 0.25) is 5.02 Å². The van der Waals surface area contributed by atoms with Gasteiger partial charge in [0.2, 0.25) is 0 Å². The standard InChI is InChI=1S/C24H28ClN5O5S/c1-5-6-7-12-36(33,34)29-23(31)21-11-10-20-22(28-21)30(16(4)26-20)14-17-8-9-18(13-19(17)25)27-24(32)35-15(2)3/h7-13,15H,5-6,14H2,1-4H3,(H,27,32)(H,29,31). The van der Waals surface area contributed by atoms with E-state index >= 15 is 0 Å². The Morgan fingerprint density at radius 2 is 1.94 bits per heavy atom. The zero-order valence-corrected chi connectivity index (χ0v) is 22.0. The number of sulfonamides is 1. The molecule has 0 aliphatic carbocycles. The van der Waals surface area contributed by atoms with Gasteiger partial charge in [0.05, 0.1) is 12.6 Å². The molecule has 1 aromatic carbocycles. The highest BCUT2D eigenvalue weighted by Gasteiger charge is 2.18. The fourth-order valence-corrected chi connectivity index (χ4v) is 4.35. The Hall–Kier alpha value is -3.44. The second kappa shape index (κ2) is 11.5. The lowest BCUT2D eigenvalue weighted by Gasteiger charge is -2.12. The van der Waals surface area contributed by atoms with Crippen LogP contribution in [0.4, 0.5) is 10.5 Å². The van der Waals surface area contributed by atoms with Gasteiger partial charge in [0.25, 0.3) is 15.9 Å². The second-order valence-electron chi connectivity index (χ2n) is 8.31. The smallest absolute Gasteiger partial charge is 0.411 e. The molecule has 0 saturated carbocycles. The SMILES string of the molecule is CCCC=CS(=O)(=O)NC(=O)c1ccc2nc(C)n(Cc3ccc(NC(=O)OC(C)C)cc3Cl)c2n1. The van der Waals surface area contributed by atoms with Gasteiger partial charge in [0.1, 0.15) is 17.0 Å². The number of rotatable bonds is 9. The third-order valence-corrected chi connectivity index (χ3v) is 6.32. The molecule has 10 nitrogen and oxygen atoms in total. The number of aromatic nitrogens is 3. The van der Waals surface area contributed by atoms with Crippen LogP contribution in [0, 0.1) is 6.92 Å². The van der Waals surface area contributed by atoms with Gasteiger partial charge in [-0.25, -0.2) is 27.9 Å². The lowest BCUT2D eigenvalue weighted by atomic mass is 10.2. The van der Waals surface area contributed by atoms with E-state index in [-0.39, 0.29) is 18.3 Å². The van der Waals surface area contributed by atoms with Gasteiger partial charge in [-0.05, 0) is 57.0 Å². The summed E-state index contributed by atoms with van der Waals surface area (Å²) in [6.45, 7) is 7.49. The molecule has 0 aliphatic rings. The number of ether oxygens (including phenoxy) is 1. The third-order valence-electron chi connectivity index (χ3n) is 4.95. The molecule has 0 atom stereocenters. The van der Waals surface area contributed by atoms with Crippen LogP contribution >= 0.6 is 11.6 Å². The Morgan fingerprint density at radius 1 is 1.19 bits per heavy atom. The molecule has 3 rings (SSSR count). The van der Waals surface area contributed by atoms with Crippen LogP contribution in [0.25, 0.3) is 11.2 Å². The number of hydrogen-bond acceptors (Lipinski definition) is 7. The monoisotopic (exact) mass is 533 g/mol. The summed E-state index contributed by atoms with van der Waals surface area (Å²) in [7, 11) is -3.93. The molecule has 2 heterocycles. The molecule has 2 aromatic heterocycles. The number of carbonyl (C=O) groups is 2. The topological polar surface area (TPSA) is 132 Å². The number of aryl methyl sites for hydroxylation is 1. The zero-order chi connectivity index (χ0) is 26.5. The van der Waals surface area contributed by atoms with Gasteiger partial charge in [0, 0.05) is 16.1 Å². The quantitative estimate of drug-likeness (QED) is 0.404. The Kier molecular flexibility index (Phi) is 8.70. The summed E-state index contributed by atoms with van der Waals surface area (Å²) in [5.41, 5.74) is 2.08. The van der Waals surface area contributed by atoms with Crippen LogP contribution < -0.4 is 10.0 Å². The van der Waals surface area contributed by atoms with E-state index in [4.69, 9.17) is 16.3 Å². The van der Waals surface area contributed by atoms with E-state index in [9.17, 15) is 18.0 Å². The number of carbonyl (C=O) groups excluding carboxylic acids is 2. The molecule has 2 amide bonds. The normalized spacial score (nSPS) is 11.8. The predicted molar refractivity (Wildman–Crippen MR) is 138 cm³/mol. The number of imidazole rings is 1. The molecule has 0 saturated heterocycles. The maximum absolute atomic E-state index is 12.6. The van der Waals surface area contributed by atoms with E-state index in [0.717, 1.165) is 17.4 Å². The number of nitrogens with zero attached hydrogens (tertiary/aromatic N) is 3. The van der Waals surface area contributed by atoms with Crippen LogP contribution in [0.15, 0.2) is 41.8 Å². The van der Waals surface area contributed by atoms with Gasteiger partial charge < -0.3 is 9.30 Å². The van der Waals surface area contributed by atoms with Crippen molar-refractivity contribution in [2.75, 3.05) is 5.32 Å². The van der Waals surface area contributed by atoms with Crippen molar-refractivity contribution >= 4 is 50.5 Å². The number of fused-ring (bicyclic) bond motifs is 1. The van der Waals surface area contributed by atoms with E-state index in [2.05, 4.69) is 15.3 Å². The van der Waals surface area contributed by atoms with Crippen molar-refractivity contribution in [3.8, 4) is 0 Å².